The molecule has 1 fully saturated rings. The molecule has 3 unspecified atom stereocenters. The van der Waals surface area contributed by atoms with Gasteiger partial charge in [0.05, 0.1) is 6.04 Å². The van der Waals surface area contributed by atoms with Crippen molar-refractivity contribution in [3.8, 4) is 0 Å². The number of carbonyl (C=O) groups is 1. The molecule has 0 radical (unpaired) electrons. The van der Waals surface area contributed by atoms with E-state index in [-0.39, 0.29) is 24.3 Å². The lowest BCUT2D eigenvalue weighted by molar-refractivity contribution is 0.0492. The minimum atomic E-state index is -0.471. The van der Waals surface area contributed by atoms with Gasteiger partial charge in [-0.05, 0) is 44.7 Å². The summed E-state index contributed by atoms with van der Waals surface area (Å²) < 4.78 is 11.1. The lowest BCUT2D eigenvalue weighted by Gasteiger charge is -2.22. The van der Waals surface area contributed by atoms with Crippen molar-refractivity contribution in [2.24, 2.45) is 0 Å². The fourth-order valence-electron chi connectivity index (χ4n) is 2.81. The molecule has 1 aromatic carbocycles. The van der Waals surface area contributed by atoms with E-state index in [1.54, 1.807) is 0 Å². The number of alkyl carbamates (subject to hydrolysis) is 1. The molecule has 0 aromatic heterocycles. The molecule has 4 heteroatoms. The SMILES string of the molecule is CC(C)(C)OC(=O)NC1CCc2ccccc2C2OC12. The summed E-state index contributed by atoms with van der Waals surface area (Å²) in [6, 6.07) is 8.39. The zero-order valence-corrected chi connectivity index (χ0v) is 12.2. The number of ether oxygens (including phenoxy) is 2. The van der Waals surface area contributed by atoms with Crippen molar-refractivity contribution >= 4 is 6.09 Å². The van der Waals surface area contributed by atoms with Crippen molar-refractivity contribution in [2.75, 3.05) is 0 Å². The zero-order chi connectivity index (χ0) is 14.3. The lowest BCUT2D eigenvalue weighted by atomic mass is 10.0. The van der Waals surface area contributed by atoms with Gasteiger partial charge in [-0.1, -0.05) is 24.3 Å². The highest BCUT2D eigenvalue weighted by molar-refractivity contribution is 5.68. The van der Waals surface area contributed by atoms with Gasteiger partial charge in [-0.3, -0.25) is 0 Å². The van der Waals surface area contributed by atoms with Gasteiger partial charge in [0, 0.05) is 0 Å². The highest BCUT2D eigenvalue weighted by Crippen LogP contribution is 2.45. The first-order valence-corrected chi connectivity index (χ1v) is 7.17. The van der Waals surface area contributed by atoms with E-state index in [2.05, 4.69) is 23.5 Å². The van der Waals surface area contributed by atoms with Gasteiger partial charge in [-0.25, -0.2) is 4.79 Å². The molecule has 3 atom stereocenters. The average molecular weight is 275 g/mol. The zero-order valence-electron chi connectivity index (χ0n) is 12.2. The van der Waals surface area contributed by atoms with E-state index >= 15 is 0 Å². The van der Waals surface area contributed by atoms with Crippen LogP contribution in [-0.2, 0) is 15.9 Å². The van der Waals surface area contributed by atoms with E-state index in [0.29, 0.717) is 0 Å². The summed E-state index contributed by atoms with van der Waals surface area (Å²) in [6.45, 7) is 5.60. The van der Waals surface area contributed by atoms with Gasteiger partial charge in [0.25, 0.3) is 0 Å². The number of fused-ring (bicyclic) bond motifs is 3. The molecule has 3 rings (SSSR count). The number of carbonyl (C=O) groups excluding carboxylic acids is 1. The highest BCUT2D eigenvalue weighted by Gasteiger charge is 2.49. The Bertz CT molecular complexity index is 521. The van der Waals surface area contributed by atoms with Crippen LogP contribution in [0, 0.1) is 0 Å². The van der Waals surface area contributed by atoms with E-state index in [1.807, 2.05) is 26.8 Å². The van der Waals surface area contributed by atoms with E-state index in [0.717, 1.165) is 12.8 Å². The van der Waals surface area contributed by atoms with Gasteiger partial charge < -0.3 is 14.8 Å². The topological polar surface area (TPSA) is 50.9 Å². The fraction of sp³-hybridized carbons (Fsp3) is 0.562. The fourth-order valence-corrected chi connectivity index (χ4v) is 2.81. The van der Waals surface area contributed by atoms with Crippen molar-refractivity contribution in [3.05, 3.63) is 35.4 Å². The van der Waals surface area contributed by atoms with Crippen molar-refractivity contribution in [1.29, 1.82) is 0 Å². The molecule has 0 bridgehead atoms. The van der Waals surface area contributed by atoms with E-state index < -0.39 is 5.60 Å². The number of epoxide rings is 1. The Labute approximate surface area is 119 Å². The number of amides is 1. The van der Waals surface area contributed by atoms with Gasteiger partial charge >= 0.3 is 6.09 Å². The third-order valence-electron chi connectivity index (χ3n) is 3.71. The predicted molar refractivity (Wildman–Crippen MR) is 75.5 cm³/mol. The number of benzene rings is 1. The standard InChI is InChI=1S/C16H21NO3/c1-16(2,3)20-15(18)17-12-9-8-10-6-4-5-7-11(10)13-14(12)19-13/h4-7,12-14H,8-9H2,1-3H3,(H,17,18). The third kappa shape index (κ3) is 2.80. The van der Waals surface area contributed by atoms with Crippen molar-refractivity contribution in [3.63, 3.8) is 0 Å². The van der Waals surface area contributed by atoms with Crippen LogP contribution >= 0.6 is 0 Å². The van der Waals surface area contributed by atoms with Crippen LogP contribution in [0.4, 0.5) is 4.79 Å². The Morgan fingerprint density at radius 2 is 2.10 bits per heavy atom. The first-order chi connectivity index (χ1) is 9.44. The van der Waals surface area contributed by atoms with Crippen LogP contribution in [0.5, 0.6) is 0 Å². The van der Waals surface area contributed by atoms with Crippen LogP contribution in [0.3, 0.4) is 0 Å². The summed E-state index contributed by atoms with van der Waals surface area (Å²) >= 11 is 0. The molecule has 1 heterocycles. The number of nitrogens with one attached hydrogen (secondary N) is 1. The van der Waals surface area contributed by atoms with Crippen LogP contribution in [0.25, 0.3) is 0 Å². The molecule has 0 spiro atoms. The van der Waals surface area contributed by atoms with Crippen LogP contribution in [0.2, 0.25) is 0 Å². The molecule has 108 valence electrons. The van der Waals surface area contributed by atoms with Gasteiger partial charge in [-0.15, -0.1) is 0 Å². The summed E-state index contributed by atoms with van der Waals surface area (Å²) in [6.07, 6.45) is 1.72. The molecule has 20 heavy (non-hydrogen) atoms. The molecule has 1 aliphatic heterocycles. The first-order valence-electron chi connectivity index (χ1n) is 7.17. The van der Waals surface area contributed by atoms with Gasteiger partial charge in [0.15, 0.2) is 0 Å². The molecule has 1 aliphatic carbocycles. The van der Waals surface area contributed by atoms with Crippen LogP contribution in [-0.4, -0.2) is 23.8 Å². The van der Waals surface area contributed by atoms with Gasteiger partial charge in [0.2, 0.25) is 0 Å². The van der Waals surface area contributed by atoms with E-state index in [4.69, 9.17) is 9.47 Å². The number of hydrogen-bond donors (Lipinski definition) is 1. The van der Waals surface area contributed by atoms with Crippen LogP contribution in [0.1, 0.15) is 44.4 Å². The maximum atomic E-state index is 11.9. The molecule has 2 aliphatic rings. The normalized spacial score (nSPS) is 27.9. The second-order valence-electron chi connectivity index (χ2n) is 6.51. The lowest BCUT2D eigenvalue weighted by Crippen LogP contribution is -2.42. The maximum Gasteiger partial charge on any atom is 0.407 e. The van der Waals surface area contributed by atoms with Gasteiger partial charge in [0.1, 0.15) is 17.8 Å². The van der Waals surface area contributed by atoms with Gasteiger partial charge in [-0.2, -0.15) is 0 Å². The molecule has 1 amide bonds. The molecular weight excluding hydrogens is 254 g/mol. The Kier molecular flexibility index (Phi) is 3.21. The molecular formula is C16H21NO3. The summed E-state index contributed by atoms with van der Waals surface area (Å²) in [5.74, 6) is 0. The number of aryl methyl sites for hydroxylation is 1. The minimum absolute atomic E-state index is 0.0299. The van der Waals surface area contributed by atoms with Crippen LogP contribution < -0.4 is 5.32 Å². The molecule has 1 aromatic rings. The monoisotopic (exact) mass is 275 g/mol. The average Bonchev–Trinajstić information content (AvgIpc) is 3.12. The largest absolute Gasteiger partial charge is 0.444 e. The molecule has 0 saturated carbocycles. The number of hydrogen-bond acceptors (Lipinski definition) is 3. The summed E-state index contributed by atoms with van der Waals surface area (Å²) in [5, 5.41) is 2.96. The smallest absolute Gasteiger partial charge is 0.407 e. The van der Waals surface area contributed by atoms with Crippen molar-refractivity contribution in [2.45, 2.75) is 57.5 Å². The van der Waals surface area contributed by atoms with Crippen molar-refractivity contribution < 1.29 is 14.3 Å². The molecule has 4 nitrogen and oxygen atoms in total. The Morgan fingerprint density at radius 3 is 2.85 bits per heavy atom. The second-order valence-corrected chi connectivity index (χ2v) is 6.51. The Hall–Kier alpha value is -1.55. The van der Waals surface area contributed by atoms with E-state index in [1.165, 1.54) is 11.1 Å². The summed E-state index contributed by atoms with van der Waals surface area (Å²) in [4.78, 5) is 11.9. The third-order valence-corrected chi connectivity index (χ3v) is 3.71. The second kappa shape index (κ2) is 4.77. The Morgan fingerprint density at radius 1 is 1.35 bits per heavy atom. The summed E-state index contributed by atoms with van der Waals surface area (Å²) in [5.41, 5.74) is 2.13. The minimum Gasteiger partial charge on any atom is -0.444 e. The highest BCUT2D eigenvalue weighted by atomic mass is 16.6. The first kappa shape index (κ1) is 13.4. The maximum absolute atomic E-state index is 11.9. The number of rotatable bonds is 1. The Balaban J connectivity index is 1.66. The van der Waals surface area contributed by atoms with Crippen LogP contribution in [0.15, 0.2) is 24.3 Å². The van der Waals surface area contributed by atoms with Crippen molar-refractivity contribution in [1.82, 2.24) is 5.32 Å². The predicted octanol–water partition coefficient (Wildman–Crippen LogP) is 2.97. The molecule has 1 saturated heterocycles. The summed E-state index contributed by atoms with van der Waals surface area (Å²) in [7, 11) is 0. The quantitative estimate of drug-likeness (QED) is 0.802. The van der Waals surface area contributed by atoms with E-state index in [9.17, 15) is 4.79 Å². The molecule has 1 N–H and O–H groups in total.